The van der Waals surface area contributed by atoms with Gasteiger partial charge in [0.25, 0.3) is 5.56 Å². The summed E-state index contributed by atoms with van der Waals surface area (Å²) in [6, 6.07) is 8.41. The summed E-state index contributed by atoms with van der Waals surface area (Å²) in [7, 11) is 0. The van der Waals surface area contributed by atoms with Crippen LogP contribution in [0.3, 0.4) is 0 Å². The van der Waals surface area contributed by atoms with E-state index in [0.29, 0.717) is 15.9 Å². The van der Waals surface area contributed by atoms with Crippen molar-refractivity contribution in [2.24, 2.45) is 0 Å². The molecule has 0 bridgehead atoms. The van der Waals surface area contributed by atoms with E-state index in [1.54, 1.807) is 12.1 Å². The molecule has 2 aromatic rings. The van der Waals surface area contributed by atoms with Crippen molar-refractivity contribution < 1.29 is 19.8 Å². The summed E-state index contributed by atoms with van der Waals surface area (Å²) in [4.78, 5) is 33.8. The van der Waals surface area contributed by atoms with Gasteiger partial charge in [0.05, 0.1) is 12.1 Å². The van der Waals surface area contributed by atoms with Crippen molar-refractivity contribution in [2.45, 2.75) is 19.4 Å². The number of aliphatic carboxylic acids is 2. The molecule has 7 heteroatoms. The Morgan fingerprint density at radius 1 is 1.14 bits per heavy atom. The van der Waals surface area contributed by atoms with E-state index in [0.717, 1.165) is 5.56 Å². The van der Waals surface area contributed by atoms with E-state index in [2.05, 4.69) is 5.10 Å². The van der Waals surface area contributed by atoms with Crippen LogP contribution in [0.1, 0.15) is 18.0 Å². The standard InChI is InChI=1S/C15H14N2O5/c1-9-2-4-10(5-3-9)11-6-7-13(18)17(16-11)12(15(21)22)8-14(19)20/h2-7,12H,8H2,1H3,(H,19,20)(H,21,22). The van der Waals surface area contributed by atoms with Gasteiger partial charge in [-0.15, -0.1) is 0 Å². The van der Waals surface area contributed by atoms with Gasteiger partial charge in [0.2, 0.25) is 0 Å². The molecule has 0 aliphatic carbocycles. The summed E-state index contributed by atoms with van der Waals surface area (Å²) >= 11 is 0. The van der Waals surface area contributed by atoms with Crippen LogP contribution in [-0.2, 0) is 9.59 Å². The maximum atomic E-state index is 11.8. The van der Waals surface area contributed by atoms with Crippen LogP contribution in [0.15, 0.2) is 41.2 Å². The van der Waals surface area contributed by atoms with Gasteiger partial charge in [-0.1, -0.05) is 29.8 Å². The Morgan fingerprint density at radius 3 is 2.32 bits per heavy atom. The second-order valence-electron chi connectivity index (χ2n) is 4.82. The Labute approximate surface area is 125 Å². The number of benzene rings is 1. The Balaban J connectivity index is 2.49. The molecule has 0 fully saturated rings. The predicted molar refractivity (Wildman–Crippen MR) is 77.6 cm³/mol. The van der Waals surface area contributed by atoms with Crippen LogP contribution < -0.4 is 5.56 Å². The van der Waals surface area contributed by atoms with Crippen LogP contribution in [0.2, 0.25) is 0 Å². The van der Waals surface area contributed by atoms with Gasteiger partial charge in [-0.25, -0.2) is 9.48 Å². The first kappa shape index (κ1) is 15.4. The van der Waals surface area contributed by atoms with Crippen molar-refractivity contribution in [3.05, 3.63) is 52.3 Å². The van der Waals surface area contributed by atoms with Gasteiger partial charge in [0.15, 0.2) is 6.04 Å². The SMILES string of the molecule is Cc1ccc(-c2ccc(=O)n(C(CC(=O)O)C(=O)O)n2)cc1. The van der Waals surface area contributed by atoms with Crippen molar-refractivity contribution in [3.63, 3.8) is 0 Å². The Hall–Kier alpha value is -2.96. The highest BCUT2D eigenvalue weighted by Crippen LogP contribution is 2.17. The van der Waals surface area contributed by atoms with E-state index in [1.807, 2.05) is 19.1 Å². The number of nitrogens with zero attached hydrogens (tertiary/aromatic N) is 2. The maximum Gasteiger partial charge on any atom is 0.329 e. The van der Waals surface area contributed by atoms with Crippen LogP contribution in [0.5, 0.6) is 0 Å². The van der Waals surface area contributed by atoms with Crippen LogP contribution in [0.4, 0.5) is 0 Å². The predicted octanol–water partition coefficient (Wildman–Crippen LogP) is 1.32. The molecule has 0 spiro atoms. The first-order valence-electron chi connectivity index (χ1n) is 6.50. The highest BCUT2D eigenvalue weighted by molar-refractivity contribution is 5.79. The van der Waals surface area contributed by atoms with E-state index in [-0.39, 0.29) is 0 Å². The van der Waals surface area contributed by atoms with E-state index >= 15 is 0 Å². The number of hydrogen-bond acceptors (Lipinski definition) is 4. The topological polar surface area (TPSA) is 109 Å². The lowest BCUT2D eigenvalue weighted by molar-refractivity contribution is -0.147. The molecular weight excluding hydrogens is 288 g/mol. The van der Waals surface area contributed by atoms with Crippen LogP contribution in [-0.4, -0.2) is 31.9 Å². The third kappa shape index (κ3) is 3.38. The van der Waals surface area contributed by atoms with Crippen molar-refractivity contribution in [1.29, 1.82) is 0 Å². The minimum atomic E-state index is -1.55. The molecule has 1 unspecified atom stereocenters. The zero-order chi connectivity index (χ0) is 16.3. The van der Waals surface area contributed by atoms with Crippen molar-refractivity contribution in [2.75, 3.05) is 0 Å². The number of carboxylic acid groups (broad SMARTS) is 2. The van der Waals surface area contributed by atoms with Gasteiger partial charge < -0.3 is 10.2 Å². The molecule has 2 rings (SSSR count). The molecule has 0 amide bonds. The molecule has 0 aliphatic heterocycles. The zero-order valence-electron chi connectivity index (χ0n) is 11.8. The van der Waals surface area contributed by atoms with Gasteiger partial charge in [-0.3, -0.25) is 9.59 Å². The fraction of sp³-hybridized carbons (Fsp3) is 0.200. The normalized spacial score (nSPS) is 11.9. The number of hydrogen-bond donors (Lipinski definition) is 2. The first-order chi connectivity index (χ1) is 10.4. The van der Waals surface area contributed by atoms with Crippen molar-refractivity contribution in [3.8, 4) is 11.3 Å². The Morgan fingerprint density at radius 2 is 1.77 bits per heavy atom. The highest BCUT2D eigenvalue weighted by Gasteiger charge is 2.25. The minimum absolute atomic E-state index is 0.399. The molecule has 0 radical (unpaired) electrons. The second-order valence-corrected chi connectivity index (χ2v) is 4.82. The largest absolute Gasteiger partial charge is 0.481 e. The lowest BCUT2D eigenvalue weighted by atomic mass is 10.1. The highest BCUT2D eigenvalue weighted by atomic mass is 16.4. The quantitative estimate of drug-likeness (QED) is 0.862. The van der Waals surface area contributed by atoms with Gasteiger partial charge >= 0.3 is 11.9 Å². The molecular formula is C15H14N2O5. The first-order valence-corrected chi connectivity index (χ1v) is 6.50. The molecule has 0 aliphatic rings. The summed E-state index contributed by atoms with van der Waals surface area (Å²) < 4.78 is 0.700. The molecule has 22 heavy (non-hydrogen) atoms. The van der Waals surface area contributed by atoms with Gasteiger partial charge in [-0.05, 0) is 13.0 Å². The van der Waals surface area contributed by atoms with Gasteiger partial charge in [0.1, 0.15) is 0 Å². The number of carbonyl (C=O) groups is 2. The average Bonchev–Trinajstić information content (AvgIpc) is 2.46. The smallest absolute Gasteiger partial charge is 0.329 e. The molecule has 1 heterocycles. The average molecular weight is 302 g/mol. The summed E-state index contributed by atoms with van der Waals surface area (Å²) in [5.41, 5.74) is 1.49. The third-order valence-electron chi connectivity index (χ3n) is 3.12. The second kappa shape index (κ2) is 6.21. The number of aromatic nitrogens is 2. The summed E-state index contributed by atoms with van der Waals surface area (Å²) in [5, 5.41) is 21.9. The van der Waals surface area contributed by atoms with E-state index in [9.17, 15) is 14.4 Å². The Bertz CT molecular complexity index is 764. The lowest BCUT2D eigenvalue weighted by Crippen LogP contribution is -2.33. The fourth-order valence-electron chi connectivity index (χ4n) is 1.97. The number of rotatable bonds is 5. The number of aryl methyl sites for hydroxylation is 1. The molecule has 7 nitrogen and oxygen atoms in total. The van der Waals surface area contributed by atoms with Crippen molar-refractivity contribution in [1.82, 2.24) is 9.78 Å². The number of carboxylic acids is 2. The Kier molecular flexibility index (Phi) is 4.36. The molecule has 1 aromatic carbocycles. The van der Waals surface area contributed by atoms with Crippen LogP contribution in [0, 0.1) is 6.92 Å². The van der Waals surface area contributed by atoms with Crippen LogP contribution >= 0.6 is 0 Å². The van der Waals surface area contributed by atoms with E-state index in [4.69, 9.17) is 10.2 Å². The maximum absolute atomic E-state index is 11.8. The van der Waals surface area contributed by atoms with Gasteiger partial charge in [0, 0.05) is 11.6 Å². The molecule has 1 aromatic heterocycles. The van der Waals surface area contributed by atoms with E-state index in [1.165, 1.54) is 12.1 Å². The molecule has 0 saturated carbocycles. The fourth-order valence-corrected chi connectivity index (χ4v) is 1.97. The zero-order valence-corrected chi connectivity index (χ0v) is 11.8. The van der Waals surface area contributed by atoms with E-state index < -0.39 is 30.0 Å². The van der Waals surface area contributed by atoms with Crippen LogP contribution in [0.25, 0.3) is 11.3 Å². The molecule has 0 saturated heterocycles. The summed E-state index contributed by atoms with van der Waals surface area (Å²) in [6.07, 6.45) is -0.723. The minimum Gasteiger partial charge on any atom is -0.481 e. The molecule has 2 N–H and O–H groups in total. The summed E-state index contributed by atoms with van der Waals surface area (Å²) in [5.74, 6) is -2.74. The molecule has 114 valence electrons. The third-order valence-corrected chi connectivity index (χ3v) is 3.12. The molecule has 1 atom stereocenters. The van der Waals surface area contributed by atoms with Crippen molar-refractivity contribution >= 4 is 11.9 Å². The monoisotopic (exact) mass is 302 g/mol. The summed E-state index contributed by atoms with van der Waals surface area (Å²) in [6.45, 7) is 1.92. The van der Waals surface area contributed by atoms with Gasteiger partial charge in [-0.2, -0.15) is 5.10 Å². The lowest BCUT2D eigenvalue weighted by Gasteiger charge is -2.13.